The zero-order chi connectivity index (χ0) is 10.8. The fourth-order valence-corrected chi connectivity index (χ4v) is 2.40. The van der Waals surface area contributed by atoms with E-state index in [2.05, 4.69) is 11.9 Å². The lowest BCUT2D eigenvalue weighted by Gasteiger charge is -2.17. The van der Waals surface area contributed by atoms with Gasteiger partial charge in [-0.3, -0.25) is 4.98 Å². The number of nitrogen functional groups attached to an aromatic ring is 1. The van der Waals surface area contributed by atoms with E-state index in [1.165, 1.54) is 0 Å². The van der Waals surface area contributed by atoms with E-state index in [4.69, 9.17) is 5.73 Å². The molecule has 0 saturated heterocycles. The minimum absolute atomic E-state index is 0.132. The van der Waals surface area contributed by atoms with Gasteiger partial charge in [0.05, 0.1) is 6.10 Å². The average molecular weight is 206 g/mol. The van der Waals surface area contributed by atoms with E-state index in [9.17, 15) is 5.11 Å². The van der Waals surface area contributed by atoms with E-state index in [1.54, 1.807) is 6.20 Å². The highest BCUT2D eigenvalue weighted by Crippen LogP contribution is 2.34. The molecule has 82 valence electrons. The maximum Gasteiger partial charge on any atom is 0.0568 e. The Labute approximate surface area is 90.3 Å². The van der Waals surface area contributed by atoms with Gasteiger partial charge in [-0.05, 0) is 42.7 Å². The monoisotopic (exact) mass is 206 g/mol. The first-order valence-corrected chi connectivity index (χ1v) is 5.55. The van der Waals surface area contributed by atoms with Gasteiger partial charge in [0.2, 0.25) is 0 Å². The summed E-state index contributed by atoms with van der Waals surface area (Å²) in [5.74, 6) is 0.927. The van der Waals surface area contributed by atoms with E-state index < -0.39 is 0 Å². The zero-order valence-electron chi connectivity index (χ0n) is 9.06. The van der Waals surface area contributed by atoms with Crippen molar-refractivity contribution < 1.29 is 5.11 Å². The van der Waals surface area contributed by atoms with E-state index in [-0.39, 0.29) is 6.10 Å². The molecule has 0 radical (unpaired) electrons. The van der Waals surface area contributed by atoms with Crippen molar-refractivity contribution in [3.8, 4) is 0 Å². The summed E-state index contributed by atoms with van der Waals surface area (Å²) in [5, 5.41) is 9.67. The van der Waals surface area contributed by atoms with E-state index in [0.717, 1.165) is 30.5 Å². The van der Waals surface area contributed by atoms with Gasteiger partial charge in [0, 0.05) is 18.1 Å². The van der Waals surface area contributed by atoms with Gasteiger partial charge >= 0.3 is 0 Å². The van der Waals surface area contributed by atoms with Crippen LogP contribution in [0.4, 0.5) is 5.69 Å². The van der Waals surface area contributed by atoms with Gasteiger partial charge in [0.1, 0.15) is 0 Å². The average Bonchev–Trinajstić information content (AvgIpc) is 2.53. The van der Waals surface area contributed by atoms with Crippen molar-refractivity contribution in [2.24, 2.45) is 11.8 Å². The number of nitrogens with zero attached hydrogens (tertiary/aromatic N) is 1. The van der Waals surface area contributed by atoms with Crippen molar-refractivity contribution in [2.75, 3.05) is 5.73 Å². The van der Waals surface area contributed by atoms with Gasteiger partial charge in [-0.25, -0.2) is 0 Å². The molecule has 3 heteroatoms. The molecule has 0 spiro atoms. The van der Waals surface area contributed by atoms with Crippen LogP contribution in [0.5, 0.6) is 0 Å². The largest absolute Gasteiger partial charge is 0.398 e. The second kappa shape index (κ2) is 4.19. The Kier molecular flexibility index (Phi) is 2.91. The topological polar surface area (TPSA) is 59.1 Å². The van der Waals surface area contributed by atoms with Crippen LogP contribution in [0.1, 0.15) is 25.3 Å². The molecule has 2 rings (SSSR count). The number of pyridine rings is 1. The fourth-order valence-electron chi connectivity index (χ4n) is 2.40. The summed E-state index contributed by atoms with van der Waals surface area (Å²) in [6.45, 7) is 2.12. The van der Waals surface area contributed by atoms with Crippen LogP contribution in [0, 0.1) is 11.8 Å². The molecule has 1 saturated carbocycles. The van der Waals surface area contributed by atoms with Crippen molar-refractivity contribution in [3.63, 3.8) is 0 Å². The normalized spacial score (nSPS) is 30.7. The SMILES string of the molecule is CC1C(O)CCC1Cc1cnccc1N. The van der Waals surface area contributed by atoms with E-state index in [0.29, 0.717) is 11.8 Å². The van der Waals surface area contributed by atoms with Crippen molar-refractivity contribution in [1.29, 1.82) is 0 Å². The maximum absolute atomic E-state index is 9.67. The number of rotatable bonds is 2. The van der Waals surface area contributed by atoms with E-state index >= 15 is 0 Å². The molecule has 1 fully saturated rings. The van der Waals surface area contributed by atoms with E-state index in [1.807, 2.05) is 12.3 Å². The number of hydrogen-bond acceptors (Lipinski definition) is 3. The van der Waals surface area contributed by atoms with Crippen LogP contribution in [0.15, 0.2) is 18.5 Å². The van der Waals surface area contributed by atoms with Gasteiger partial charge in [-0.15, -0.1) is 0 Å². The molecule has 0 aromatic carbocycles. The van der Waals surface area contributed by atoms with Gasteiger partial charge in [-0.1, -0.05) is 6.92 Å². The first-order chi connectivity index (χ1) is 7.18. The molecular weight excluding hydrogens is 188 g/mol. The van der Waals surface area contributed by atoms with Crippen LogP contribution in [-0.4, -0.2) is 16.2 Å². The standard InChI is InChI=1S/C12H18N2O/c1-8-9(2-3-12(8)15)6-10-7-14-5-4-11(10)13/h4-5,7-9,12,15H,2-3,6H2,1H3,(H2,13,14). The van der Waals surface area contributed by atoms with Gasteiger partial charge in [0.25, 0.3) is 0 Å². The molecular formula is C12H18N2O. The van der Waals surface area contributed by atoms with Gasteiger partial charge in [0.15, 0.2) is 0 Å². The Morgan fingerprint density at radius 3 is 2.93 bits per heavy atom. The van der Waals surface area contributed by atoms with Crippen molar-refractivity contribution in [3.05, 3.63) is 24.0 Å². The number of hydrogen-bond donors (Lipinski definition) is 2. The Hall–Kier alpha value is -1.09. The van der Waals surface area contributed by atoms with Crippen molar-refractivity contribution in [2.45, 2.75) is 32.3 Å². The Balaban J connectivity index is 2.07. The predicted molar refractivity (Wildman–Crippen MR) is 60.2 cm³/mol. The number of aromatic nitrogens is 1. The zero-order valence-corrected chi connectivity index (χ0v) is 9.06. The second-order valence-corrected chi connectivity index (χ2v) is 4.54. The third kappa shape index (κ3) is 2.12. The van der Waals surface area contributed by atoms with Gasteiger partial charge < -0.3 is 10.8 Å². The molecule has 1 heterocycles. The molecule has 0 aliphatic heterocycles. The molecule has 1 aliphatic carbocycles. The van der Waals surface area contributed by atoms with Crippen molar-refractivity contribution in [1.82, 2.24) is 4.98 Å². The second-order valence-electron chi connectivity index (χ2n) is 4.54. The summed E-state index contributed by atoms with van der Waals surface area (Å²) in [4.78, 5) is 4.09. The Morgan fingerprint density at radius 2 is 2.33 bits per heavy atom. The highest BCUT2D eigenvalue weighted by molar-refractivity contribution is 5.44. The summed E-state index contributed by atoms with van der Waals surface area (Å²) < 4.78 is 0. The van der Waals surface area contributed by atoms with Crippen molar-refractivity contribution >= 4 is 5.69 Å². The molecule has 3 atom stereocenters. The summed E-state index contributed by atoms with van der Waals surface area (Å²) in [5.41, 5.74) is 7.81. The molecule has 3 unspecified atom stereocenters. The number of aliphatic hydroxyl groups excluding tert-OH is 1. The first kappa shape index (κ1) is 10.4. The van der Waals surface area contributed by atoms with Gasteiger partial charge in [-0.2, -0.15) is 0 Å². The molecule has 1 aliphatic rings. The number of nitrogens with two attached hydrogens (primary N) is 1. The minimum Gasteiger partial charge on any atom is -0.398 e. The van der Waals surface area contributed by atoms with Crippen LogP contribution in [0.2, 0.25) is 0 Å². The number of anilines is 1. The third-order valence-electron chi connectivity index (χ3n) is 3.61. The maximum atomic E-state index is 9.67. The third-order valence-corrected chi connectivity index (χ3v) is 3.61. The number of aliphatic hydroxyl groups is 1. The highest BCUT2D eigenvalue weighted by Gasteiger charge is 2.31. The molecule has 0 bridgehead atoms. The molecule has 15 heavy (non-hydrogen) atoms. The molecule has 3 nitrogen and oxygen atoms in total. The van der Waals surface area contributed by atoms with Crippen LogP contribution < -0.4 is 5.73 Å². The Morgan fingerprint density at radius 1 is 1.53 bits per heavy atom. The van der Waals surface area contributed by atoms with Crippen LogP contribution >= 0.6 is 0 Å². The fraction of sp³-hybridized carbons (Fsp3) is 0.583. The minimum atomic E-state index is -0.132. The lowest BCUT2D eigenvalue weighted by atomic mass is 9.90. The predicted octanol–water partition coefficient (Wildman–Crippen LogP) is 1.61. The molecule has 1 aromatic rings. The first-order valence-electron chi connectivity index (χ1n) is 5.55. The summed E-state index contributed by atoms with van der Waals surface area (Å²) in [6, 6.07) is 1.84. The molecule has 1 aromatic heterocycles. The molecule has 3 N–H and O–H groups in total. The highest BCUT2D eigenvalue weighted by atomic mass is 16.3. The smallest absolute Gasteiger partial charge is 0.0568 e. The summed E-state index contributed by atoms with van der Waals surface area (Å²) in [7, 11) is 0. The van der Waals surface area contributed by atoms with Crippen LogP contribution in [-0.2, 0) is 6.42 Å². The summed E-state index contributed by atoms with van der Waals surface area (Å²) in [6.07, 6.45) is 6.38. The lowest BCUT2D eigenvalue weighted by Crippen LogP contribution is -2.17. The quantitative estimate of drug-likeness (QED) is 0.773. The van der Waals surface area contributed by atoms with Crippen LogP contribution in [0.3, 0.4) is 0 Å². The summed E-state index contributed by atoms with van der Waals surface area (Å²) >= 11 is 0. The molecule has 0 amide bonds. The lowest BCUT2D eigenvalue weighted by molar-refractivity contribution is 0.127. The van der Waals surface area contributed by atoms with Crippen LogP contribution in [0.25, 0.3) is 0 Å². The Bertz CT molecular complexity index is 340.